The lowest BCUT2D eigenvalue weighted by Crippen LogP contribution is -2.13. The van der Waals surface area contributed by atoms with E-state index in [4.69, 9.17) is 0 Å². The number of hydrogen-bond acceptors (Lipinski definition) is 1. The molecule has 1 aromatic carbocycles. The molecule has 0 bridgehead atoms. The minimum Gasteiger partial charge on any atom is -0.318 e. The summed E-state index contributed by atoms with van der Waals surface area (Å²) in [7, 11) is 1.74. The molecule has 0 saturated heterocycles. The zero-order valence-electron chi connectivity index (χ0n) is 7.45. The largest absolute Gasteiger partial charge is 0.318 e. The highest BCUT2D eigenvalue weighted by atomic mass is 16.1. The Kier molecular flexibility index (Phi) is 2.86. The van der Waals surface area contributed by atoms with Crippen LogP contribution in [0.3, 0.4) is 0 Å². The Morgan fingerprint density at radius 2 is 1.92 bits per heavy atom. The van der Waals surface area contributed by atoms with Crippen molar-refractivity contribution in [1.29, 1.82) is 0 Å². The molecule has 0 aliphatic heterocycles. The first-order valence-electron chi connectivity index (χ1n) is 4.05. The van der Waals surface area contributed by atoms with Gasteiger partial charge in [-0.25, -0.2) is 0 Å². The number of anilines is 1. The molecule has 0 radical (unpaired) electrons. The van der Waals surface area contributed by atoms with Crippen molar-refractivity contribution in [1.82, 2.24) is 0 Å². The molecule has 2 heteroatoms. The maximum atomic E-state index is 10.4. The van der Waals surface area contributed by atoms with E-state index in [9.17, 15) is 4.79 Å². The van der Waals surface area contributed by atoms with Crippen LogP contribution in [0, 0.1) is 0 Å². The normalized spacial score (nSPS) is 9.50. The molecule has 0 unspecified atom stereocenters. The zero-order chi connectivity index (χ0) is 8.97. The van der Waals surface area contributed by atoms with Crippen LogP contribution in [0.5, 0.6) is 0 Å². The summed E-state index contributed by atoms with van der Waals surface area (Å²) in [6.07, 6.45) is 1.84. The van der Waals surface area contributed by atoms with Gasteiger partial charge in [0.05, 0.1) is 0 Å². The molecule has 0 aliphatic carbocycles. The number of carbonyl (C=O) groups is 1. The molecule has 0 heterocycles. The van der Waals surface area contributed by atoms with Gasteiger partial charge in [0.25, 0.3) is 0 Å². The highest BCUT2D eigenvalue weighted by Crippen LogP contribution is 2.12. The lowest BCUT2D eigenvalue weighted by atomic mass is 10.1. The van der Waals surface area contributed by atoms with E-state index in [0.717, 1.165) is 18.5 Å². The second kappa shape index (κ2) is 3.90. The summed E-state index contributed by atoms with van der Waals surface area (Å²) in [4.78, 5) is 11.9. The Morgan fingerprint density at radius 1 is 1.33 bits per heavy atom. The maximum absolute atomic E-state index is 10.4. The Morgan fingerprint density at radius 3 is 2.33 bits per heavy atom. The summed E-state index contributed by atoms with van der Waals surface area (Å²) >= 11 is 0. The molecule has 2 nitrogen and oxygen atoms in total. The van der Waals surface area contributed by atoms with E-state index in [1.807, 2.05) is 24.3 Å². The van der Waals surface area contributed by atoms with E-state index < -0.39 is 0 Å². The topological polar surface area (TPSA) is 20.3 Å². The van der Waals surface area contributed by atoms with Crippen molar-refractivity contribution in [2.24, 2.45) is 0 Å². The number of amides is 1. The first-order valence-corrected chi connectivity index (χ1v) is 4.05. The second-order valence-electron chi connectivity index (χ2n) is 2.74. The first kappa shape index (κ1) is 8.78. The highest BCUT2D eigenvalue weighted by Gasteiger charge is 1.96. The van der Waals surface area contributed by atoms with Crippen LogP contribution in [0.2, 0.25) is 0 Å². The fourth-order valence-electron chi connectivity index (χ4n) is 1.03. The first-order chi connectivity index (χ1) is 5.77. The molecule has 64 valence electrons. The number of benzene rings is 1. The third-order valence-corrected chi connectivity index (χ3v) is 1.91. The van der Waals surface area contributed by atoms with E-state index in [1.54, 1.807) is 11.9 Å². The summed E-state index contributed by atoms with van der Waals surface area (Å²) in [6, 6.07) is 7.98. The van der Waals surface area contributed by atoms with Gasteiger partial charge in [0.1, 0.15) is 0 Å². The summed E-state index contributed by atoms with van der Waals surface area (Å²) in [5.41, 5.74) is 2.22. The fraction of sp³-hybridized carbons (Fsp3) is 0.300. The van der Waals surface area contributed by atoms with Crippen LogP contribution in [0.1, 0.15) is 12.5 Å². The van der Waals surface area contributed by atoms with Gasteiger partial charge in [-0.15, -0.1) is 0 Å². The number of hydrogen-bond donors (Lipinski definition) is 0. The lowest BCUT2D eigenvalue weighted by Gasteiger charge is -2.10. The van der Waals surface area contributed by atoms with Crippen molar-refractivity contribution in [2.45, 2.75) is 13.3 Å². The molecular formula is C10H13NO. The van der Waals surface area contributed by atoms with E-state index in [0.29, 0.717) is 0 Å². The van der Waals surface area contributed by atoms with E-state index >= 15 is 0 Å². The Bertz CT molecular complexity index is 253. The van der Waals surface area contributed by atoms with Crippen molar-refractivity contribution >= 4 is 12.1 Å². The molecule has 12 heavy (non-hydrogen) atoms. The summed E-state index contributed by atoms with van der Waals surface area (Å²) in [6.45, 7) is 2.11. The smallest absolute Gasteiger partial charge is 0.213 e. The summed E-state index contributed by atoms with van der Waals surface area (Å²) in [5, 5.41) is 0. The third kappa shape index (κ3) is 1.84. The fourth-order valence-corrected chi connectivity index (χ4v) is 1.03. The number of aryl methyl sites for hydroxylation is 1. The van der Waals surface area contributed by atoms with Gasteiger partial charge in [0, 0.05) is 12.7 Å². The van der Waals surface area contributed by atoms with Crippen LogP contribution in [0.4, 0.5) is 5.69 Å². The predicted molar refractivity (Wildman–Crippen MR) is 50.3 cm³/mol. The van der Waals surface area contributed by atoms with Crippen molar-refractivity contribution in [2.75, 3.05) is 11.9 Å². The predicted octanol–water partition coefficient (Wildman–Crippen LogP) is 1.84. The van der Waals surface area contributed by atoms with Crippen molar-refractivity contribution < 1.29 is 4.79 Å². The van der Waals surface area contributed by atoms with Crippen LogP contribution < -0.4 is 4.90 Å². The Labute approximate surface area is 72.8 Å². The van der Waals surface area contributed by atoms with Gasteiger partial charge in [-0.3, -0.25) is 4.79 Å². The van der Waals surface area contributed by atoms with Gasteiger partial charge in [-0.2, -0.15) is 0 Å². The minimum absolute atomic E-state index is 0.807. The number of carbonyl (C=O) groups excluding carboxylic acids is 1. The van der Waals surface area contributed by atoms with E-state index in [-0.39, 0.29) is 0 Å². The third-order valence-electron chi connectivity index (χ3n) is 1.91. The van der Waals surface area contributed by atoms with Gasteiger partial charge in [0.2, 0.25) is 6.41 Å². The van der Waals surface area contributed by atoms with E-state index in [1.165, 1.54) is 5.56 Å². The van der Waals surface area contributed by atoms with Gasteiger partial charge in [-0.1, -0.05) is 19.1 Å². The van der Waals surface area contributed by atoms with Crippen LogP contribution in [-0.2, 0) is 11.2 Å². The van der Waals surface area contributed by atoms with Gasteiger partial charge in [0.15, 0.2) is 0 Å². The van der Waals surface area contributed by atoms with Gasteiger partial charge >= 0.3 is 0 Å². The highest BCUT2D eigenvalue weighted by molar-refractivity contribution is 5.74. The molecule has 1 amide bonds. The van der Waals surface area contributed by atoms with Crippen molar-refractivity contribution in [3.05, 3.63) is 29.8 Å². The average molecular weight is 163 g/mol. The zero-order valence-corrected chi connectivity index (χ0v) is 7.45. The summed E-state index contributed by atoms with van der Waals surface area (Å²) in [5.74, 6) is 0. The molecule has 0 saturated carbocycles. The Balaban J connectivity index is 2.84. The maximum Gasteiger partial charge on any atom is 0.213 e. The standard InChI is InChI=1S/C10H13NO/c1-3-9-4-6-10(7-5-9)11(2)8-12/h4-8H,3H2,1-2H3. The van der Waals surface area contributed by atoms with Gasteiger partial charge in [-0.05, 0) is 24.1 Å². The number of rotatable bonds is 3. The molecule has 1 rings (SSSR count). The number of nitrogens with zero attached hydrogens (tertiary/aromatic N) is 1. The molecule has 0 N–H and O–H groups in total. The molecule has 0 aliphatic rings. The monoisotopic (exact) mass is 163 g/mol. The minimum atomic E-state index is 0.807. The SMILES string of the molecule is CCc1ccc(N(C)C=O)cc1. The van der Waals surface area contributed by atoms with Crippen LogP contribution in [-0.4, -0.2) is 13.5 Å². The van der Waals surface area contributed by atoms with E-state index in [2.05, 4.69) is 6.92 Å². The van der Waals surface area contributed by atoms with Crippen LogP contribution in [0.15, 0.2) is 24.3 Å². The molecule has 0 fully saturated rings. The quantitative estimate of drug-likeness (QED) is 0.623. The molecule has 0 atom stereocenters. The van der Waals surface area contributed by atoms with Crippen molar-refractivity contribution in [3.8, 4) is 0 Å². The molecule has 0 spiro atoms. The molecule has 0 aromatic heterocycles. The summed E-state index contributed by atoms with van der Waals surface area (Å²) < 4.78 is 0. The van der Waals surface area contributed by atoms with Crippen molar-refractivity contribution in [3.63, 3.8) is 0 Å². The molecular weight excluding hydrogens is 150 g/mol. The Hall–Kier alpha value is -1.31. The average Bonchev–Trinajstić information content (AvgIpc) is 2.17. The lowest BCUT2D eigenvalue weighted by molar-refractivity contribution is -0.107. The van der Waals surface area contributed by atoms with Crippen LogP contribution >= 0.6 is 0 Å². The van der Waals surface area contributed by atoms with Gasteiger partial charge < -0.3 is 4.90 Å². The second-order valence-corrected chi connectivity index (χ2v) is 2.74. The molecule has 1 aromatic rings. The van der Waals surface area contributed by atoms with Crippen LogP contribution in [0.25, 0.3) is 0 Å².